The lowest BCUT2D eigenvalue weighted by Gasteiger charge is -2.04. The molecule has 7 heteroatoms. The predicted molar refractivity (Wildman–Crippen MR) is 113 cm³/mol. The van der Waals surface area contributed by atoms with Gasteiger partial charge in [0.2, 0.25) is 5.91 Å². The number of carbonyl (C=O) groups is 1. The van der Waals surface area contributed by atoms with Gasteiger partial charge in [0.25, 0.3) is 0 Å². The highest BCUT2D eigenvalue weighted by Gasteiger charge is 2.15. The molecular weight excluding hydrogens is 426 g/mol. The molecule has 2 N–H and O–H groups in total. The number of aromatic nitrogens is 2. The van der Waals surface area contributed by atoms with E-state index >= 15 is 0 Å². The summed E-state index contributed by atoms with van der Waals surface area (Å²) in [7, 11) is 1.61. The molecule has 0 radical (unpaired) electrons. The van der Waals surface area contributed by atoms with Crippen LogP contribution in [0.25, 0.3) is 22.6 Å². The van der Waals surface area contributed by atoms with Crippen molar-refractivity contribution in [3.63, 3.8) is 0 Å². The van der Waals surface area contributed by atoms with E-state index in [1.165, 1.54) is 11.8 Å². The molecule has 0 saturated heterocycles. The van der Waals surface area contributed by atoms with Crippen LogP contribution in [0, 0.1) is 0 Å². The molecule has 1 amide bonds. The molecule has 27 heavy (non-hydrogen) atoms. The number of thioether (sulfide) groups is 1. The lowest BCUT2D eigenvalue weighted by molar-refractivity contribution is -0.118. The van der Waals surface area contributed by atoms with Crippen LogP contribution in [0.15, 0.2) is 64.1 Å². The van der Waals surface area contributed by atoms with E-state index in [-0.39, 0.29) is 5.91 Å². The average Bonchev–Trinajstić information content (AvgIpc) is 3.12. The van der Waals surface area contributed by atoms with Crippen LogP contribution < -0.4 is 5.32 Å². The van der Waals surface area contributed by atoms with Crippen LogP contribution in [0.2, 0.25) is 0 Å². The van der Waals surface area contributed by atoms with Crippen LogP contribution in [0.5, 0.6) is 0 Å². The van der Waals surface area contributed by atoms with Gasteiger partial charge in [-0.1, -0.05) is 70.2 Å². The maximum atomic E-state index is 12.0. The first-order valence-electron chi connectivity index (χ1n) is 8.47. The fourth-order valence-electron chi connectivity index (χ4n) is 2.48. The molecule has 0 unspecified atom stereocenters. The van der Waals surface area contributed by atoms with Crippen molar-refractivity contribution in [3.05, 3.63) is 59.1 Å². The SMILES string of the molecule is COCCNC(=O)CSc1nc(-c2ccc(Br)cc2)[nH]c1-c1ccccc1. The molecule has 0 fully saturated rings. The Morgan fingerprint density at radius 1 is 1.15 bits per heavy atom. The number of amides is 1. The minimum Gasteiger partial charge on any atom is -0.383 e. The van der Waals surface area contributed by atoms with Crippen molar-refractivity contribution < 1.29 is 9.53 Å². The molecule has 0 aliphatic heterocycles. The Bertz CT molecular complexity index is 882. The van der Waals surface area contributed by atoms with Gasteiger partial charge in [-0.15, -0.1) is 0 Å². The number of methoxy groups -OCH3 is 1. The number of imidazole rings is 1. The highest BCUT2D eigenvalue weighted by molar-refractivity contribution is 9.10. The van der Waals surface area contributed by atoms with Gasteiger partial charge < -0.3 is 15.0 Å². The zero-order valence-corrected chi connectivity index (χ0v) is 17.3. The molecule has 2 aromatic carbocycles. The third kappa shape index (κ3) is 5.45. The van der Waals surface area contributed by atoms with Crippen molar-refractivity contribution in [2.75, 3.05) is 26.0 Å². The summed E-state index contributed by atoms with van der Waals surface area (Å²) in [5.41, 5.74) is 2.95. The van der Waals surface area contributed by atoms with E-state index in [1.54, 1.807) is 7.11 Å². The van der Waals surface area contributed by atoms with Gasteiger partial charge in [0.1, 0.15) is 10.9 Å². The predicted octanol–water partition coefficient (Wildman–Crippen LogP) is 4.36. The molecular formula is C20H20BrN3O2S. The molecule has 0 aliphatic rings. The van der Waals surface area contributed by atoms with Crippen LogP contribution >= 0.6 is 27.7 Å². The van der Waals surface area contributed by atoms with Gasteiger partial charge in [0.05, 0.1) is 18.1 Å². The van der Waals surface area contributed by atoms with Gasteiger partial charge >= 0.3 is 0 Å². The van der Waals surface area contributed by atoms with E-state index in [0.717, 1.165) is 32.1 Å². The fourth-order valence-corrected chi connectivity index (χ4v) is 3.59. The second kappa shape index (κ2) is 9.73. The molecule has 1 heterocycles. The van der Waals surface area contributed by atoms with Gasteiger partial charge in [-0.3, -0.25) is 4.79 Å². The summed E-state index contributed by atoms with van der Waals surface area (Å²) in [5.74, 6) is 1.04. The lowest BCUT2D eigenvalue weighted by Crippen LogP contribution is -2.28. The highest BCUT2D eigenvalue weighted by Crippen LogP contribution is 2.32. The quantitative estimate of drug-likeness (QED) is 0.399. The first-order chi connectivity index (χ1) is 13.2. The Labute approximate surface area is 171 Å². The Kier molecular flexibility index (Phi) is 7.09. The van der Waals surface area contributed by atoms with Crippen LogP contribution in [0.3, 0.4) is 0 Å². The van der Waals surface area contributed by atoms with E-state index in [0.29, 0.717) is 18.9 Å². The van der Waals surface area contributed by atoms with Crippen molar-refractivity contribution in [2.24, 2.45) is 0 Å². The Morgan fingerprint density at radius 2 is 1.89 bits per heavy atom. The van der Waals surface area contributed by atoms with Gasteiger partial charge in [-0.25, -0.2) is 4.98 Å². The van der Waals surface area contributed by atoms with E-state index in [9.17, 15) is 4.79 Å². The maximum absolute atomic E-state index is 12.0. The number of carbonyl (C=O) groups excluding carboxylic acids is 1. The second-order valence-corrected chi connectivity index (χ2v) is 7.65. The summed E-state index contributed by atoms with van der Waals surface area (Å²) >= 11 is 4.88. The van der Waals surface area contributed by atoms with Crippen LogP contribution in [0.1, 0.15) is 0 Å². The van der Waals surface area contributed by atoms with Crippen molar-refractivity contribution in [1.29, 1.82) is 0 Å². The monoisotopic (exact) mass is 445 g/mol. The van der Waals surface area contributed by atoms with E-state index in [4.69, 9.17) is 9.72 Å². The number of rotatable bonds is 8. The summed E-state index contributed by atoms with van der Waals surface area (Å²) in [5, 5.41) is 3.64. The van der Waals surface area contributed by atoms with Gasteiger partial charge in [-0.05, 0) is 12.1 Å². The molecule has 1 aromatic heterocycles. The molecule has 140 valence electrons. The number of halogens is 1. The normalized spacial score (nSPS) is 10.7. The standard InChI is InChI=1S/C20H20BrN3O2S/c1-26-12-11-22-17(25)13-27-20-18(14-5-3-2-4-6-14)23-19(24-20)15-7-9-16(21)10-8-15/h2-10H,11-13H2,1H3,(H,22,25)(H,23,24). The molecule has 0 saturated carbocycles. The number of nitrogens with zero attached hydrogens (tertiary/aromatic N) is 1. The number of H-pyrrole nitrogens is 1. The Morgan fingerprint density at radius 3 is 2.59 bits per heavy atom. The fraction of sp³-hybridized carbons (Fsp3) is 0.200. The van der Waals surface area contributed by atoms with Crippen LogP contribution in [-0.2, 0) is 9.53 Å². The summed E-state index contributed by atoms with van der Waals surface area (Å²) < 4.78 is 5.97. The second-order valence-electron chi connectivity index (χ2n) is 5.77. The first kappa shape index (κ1) is 19.7. The topological polar surface area (TPSA) is 67.0 Å². The van der Waals surface area contributed by atoms with Gasteiger partial charge in [0.15, 0.2) is 0 Å². The number of aromatic amines is 1. The van der Waals surface area contributed by atoms with Crippen molar-refractivity contribution >= 4 is 33.6 Å². The van der Waals surface area contributed by atoms with Crippen molar-refractivity contribution in [1.82, 2.24) is 15.3 Å². The van der Waals surface area contributed by atoms with E-state index in [2.05, 4.69) is 26.2 Å². The molecule has 3 aromatic rings. The van der Waals surface area contributed by atoms with Crippen molar-refractivity contribution in [3.8, 4) is 22.6 Å². The van der Waals surface area contributed by atoms with Gasteiger partial charge in [0, 0.05) is 29.3 Å². The van der Waals surface area contributed by atoms with E-state index < -0.39 is 0 Å². The number of hydrogen-bond donors (Lipinski definition) is 2. The minimum atomic E-state index is -0.0377. The highest BCUT2D eigenvalue weighted by atomic mass is 79.9. The third-order valence-corrected chi connectivity index (χ3v) is 5.32. The zero-order valence-electron chi connectivity index (χ0n) is 14.9. The largest absolute Gasteiger partial charge is 0.383 e. The van der Waals surface area contributed by atoms with Crippen LogP contribution in [-0.4, -0.2) is 41.9 Å². The summed E-state index contributed by atoms with van der Waals surface area (Å²) in [6.45, 7) is 1.01. The lowest BCUT2D eigenvalue weighted by atomic mass is 10.2. The molecule has 5 nitrogen and oxygen atoms in total. The number of ether oxygens (including phenoxy) is 1. The minimum absolute atomic E-state index is 0.0377. The molecule has 0 spiro atoms. The Balaban J connectivity index is 1.82. The molecule has 0 aliphatic carbocycles. The van der Waals surface area contributed by atoms with Crippen molar-refractivity contribution in [2.45, 2.75) is 5.03 Å². The maximum Gasteiger partial charge on any atom is 0.230 e. The number of benzene rings is 2. The first-order valence-corrected chi connectivity index (χ1v) is 10.2. The zero-order chi connectivity index (χ0) is 19.1. The summed E-state index contributed by atoms with van der Waals surface area (Å²) in [6.07, 6.45) is 0. The van der Waals surface area contributed by atoms with Crippen LogP contribution in [0.4, 0.5) is 0 Å². The number of hydrogen-bond acceptors (Lipinski definition) is 4. The van der Waals surface area contributed by atoms with E-state index in [1.807, 2.05) is 54.6 Å². The van der Waals surface area contributed by atoms with Gasteiger partial charge in [-0.2, -0.15) is 0 Å². The smallest absolute Gasteiger partial charge is 0.230 e. The summed E-state index contributed by atoms with van der Waals surface area (Å²) in [6, 6.07) is 18.0. The third-order valence-electron chi connectivity index (χ3n) is 3.82. The average molecular weight is 446 g/mol. The molecule has 0 atom stereocenters. The molecule has 3 rings (SSSR count). The molecule has 0 bridgehead atoms. The summed E-state index contributed by atoms with van der Waals surface area (Å²) in [4.78, 5) is 20.2. The number of nitrogens with one attached hydrogen (secondary N) is 2. The Hall–Kier alpha value is -2.09.